The van der Waals surface area contributed by atoms with E-state index in [-0.39, 0.29) is 0 Å². The lowest BCUT2D eigenvalue weighted by atomic mass is 10.00. The number of para-hydroxylation sites is 2. The minimum absolute atomic E-state index is 0.353. The van der Waals surface area contributed by atoms with Crippen molar-refractivity contribution in [1.82, 2.24) is 0 Å². The van der Waals surface area contributed by atoms with Crippen LogP contribution in [0.15, 0.2) is 95.0 Å². The van der Waals surface area contributed by atoms with Gasteiger partial charge in [-0.15, -0.1) is 0 Å². The molecular weight excluding hydrogens is 306 g/mol. The maximum absolute atomic E-state index is 8.52. The number of furan rings is 1. The molecule has 0 aliphatic rings. The number of fused-ring (bicyclic) bond motifs is 3. The maximum atomic E-state index is 8.52. The van der Waals surface area contributed by atoms with Gasteiger partial charge in [-0.2, -0.15) is 0 Å². The Morgan fingerprint density at radius 2 is 1.68 bits per heavy atom. The molecule has 0 aliphatic heterocycles. The van der Waals surface area contributed by atoms with Crippen LogP contribution in [0.4, 0.5) is 0 Å². The molecule has 3 aromatic rings. The Bertz CT molecular complexity index is 1060. The molecule has 0 aliphatic carbocycles. The number of nitrogens with one attached hydrogen (secondary N) is 1. The molecule has 0 atom stereocenters. The summed E-state index contributed by atoms with van der Waals surface area (Å²) in [5.74, 6) is 0. The van der Waals surface area contributed by atoms with Crippen LogP contribution in [0.5, 0.6) is 0 Å². The Hall–Kier alpha value is -3.13. The van der Waals surface area contributed by atoms with Crippen LogP contribution >= 0.6 is 0 Å². The van der Waals surface area contributed by atoms with Gasteiger partial charge in [-0.1, -0.05) is 67.3 Å². The van der Waals surface area contributed by atoms with Crippen molar-refractivity contribution in [3.63, 3.8) is 0 Å². The van der Waals surface area contributed by atoms with Crippen molar-refractivity contribution < 1.29 is 4.42 Å². The highest BCUT2D eigenvalue weighted by Crippen LogP contribution is 2.31. The quantitative estimate of drug-likeness (QED) is 0.416. The van der Waals surface area contributed by atoms with E-state index in [9.17, 15) is 0 Å². The second kappa shape index (κ2) is 6.78. The molecule has 25 heavy (non-hydrogen) atoms. The van der Waals surface area contributed by atoms with E-state index in [0.29, 0.717) is 11.3 Å². The van der Waals surface area contributed by atoms with Crippen LogP contribution in [0.3, 0.4) is 0 Å². The summed E-state index contributed by atoms with van der Waals surface area (Å²) >= 11 is 0. The van der Waals surface area contributed by atoms with Gasteiger partial charge in [0.25, 0.3) is 0 Å². The van der Waals surface area contributed by atoms with Crippen LogP contribution < -0.4 is 0 Å². The molecule has 0 spiro atoms. The zero-order valence-electron chi connectivity index (χ0n) is 14.6. The molecule has 0 saturated heterocycles. The monoisotopic (exact) mass is 327 g/mol. The number of hydrogen-bond donors (Lipinski definition) is 1. The zero-order valence-corrected chi connectivity index (χ0v) is 14.6. The predicted octanol–water partition coefficient (Wildman–Crippen LogP) is 6.59. The van der Waals surface area contributed by atoms with Gasteiger partial charge in [0.2, 0.25) is 0 Å². The van der Waals surface area contributed by atoms with Gasteiger partial charge in [-0.05, 0) is 37.1 Å². The van der Waals surface area contributed by atoms with Crippen molar-refractivity contribution >= 4 is 27.7 Å². The first-order valence-corrected chi connectivity index (χ1v) is 8.17. The summed E-state index contributed by atoms with van der Waals surface area (Å²) in [7, 11) is 0. The van der Waals surface area contributed by atoms with E-state index in [1.807, 2.05) is 74.5 Å². The van der Waals surface area contributed by atoms with Gasteiger partial charge in [0.15, 0.2) is 0 Å². The smallest absolute Gasteiger partial charge is 0.144 e. The molecule has 1 N–H and O–H groups in total. The van der Waals surface area contributed by atoms with Gasteiger partial charge in [0.05, 0.1) is 5.71 Å². The minimum atomic E-state index is 0.353. The number of hydrogen-bond acceptors (Lipinski definition) is 2. The largest absolute Gasteiger partial charge is 0.455 e. The molecule has 0 saturated carbocycles. The predicted molar refractivity (Wildman–Crippen MR) is 107 cm³/mol. The molecule has 0 amide bonds. The molecule has 2 heteroatoms. The third-order valence-electron chi connectivity index (χ3n) is 3.97. The Morgan fingerprint density at radius 1 is 0.960 bits per heavy atom. The normalized spacial score (nSPS) is 11.1. The Balaban J connectivity index is 1.97. The van der Waals surface area contributed by atoms with E-state index >= 15 is 0 Å². The Labute approximate surface area is 148 Å². The summed E-state index contributed by atoms with van der Waals surface area (Å²) in [6, 6.07) is 13.8. The van der Waals surface area contributed by atoms with Crippen LogP contribution in [0.25, 0.3) is 21.9 Å². The first-order chi connectivity index (χ1) is 12.0. The summed E-state index contributed by atoms with van der Waals surface area (Å²) < 4.78 is 6.00. The highest BCUT2D eigenvalue weighted by atomic mass is 16.3. The summed E-state index contributed by atoms with van der Waals surface area (Å²) in [6.07, 6.45) is 5.70. The minimum Gasteiger partial charge on any atom is -0.455 e. The second-order valence-electron chi connectivity index (χ2n) is 6.31. The SMILES string of the molecule is C=C(C=C(C)C)/C=C\C(=C)C(=N)c1cccc2c1oc1ccccc12. The number of rotatable bonds is 5. The molecular formula is C23H21NO. The van der Waals surface area contributed by atoms with Crippen LogP contribution in [0.1, 0.15) is 19.4 Å². The number of allylic oxidation sites excluding steroid dienone is 6. The second-order valence-corrected chi connectivity index (χ2v) is 6.31. The van der Waals surface area contributed by atoms with E-state index in [1.165, 1.54) is 5.57 Å². The van der Waals surface area contributed by atoms with Gasteiger partial charge in [-0.3, -0.25) is 5.41 Å². The third-order valence-corrected chi connectivity index (χ3v) is 3.97. The topological polar surface area (TPSA) is 37.0 Å². The van der Waals surface area contributed by atoms with E-state index in [4.69, 9.17) is 9.83 Å². The van der Waals surface area contributed by atoms with E-state index in [1.54, 1.807) is 0 Å². The molecule has 1 heterocycles. The highest BCUT2D eigenvalue weighted by Gasteiger charge is 2.14. The fourth-order valence-corrected chi connectivity index (χ4v) is 2.83. The van der Waals surface area contributed by atoms with E-state index in [2.05, 4.69) is 13.2 Å². The lowest BCUT2D eigenvalue weighted by molar-refractivity contribution is 0.668. The lowest BCUT2D eigenvalue weighted by Gasteiger charge is -2.05. The molecule has 2 aromatic carbocycles. The van der Waals surface area contributed by atoms with Crippen LogP contribution in [-0.2, 0) is 0 Å². The first-order valence-electron chi connectivity index (χ1n) is 8.17. The first kappa shape index (κ1) is 16.7. The number of benzene rings is 2. The van der Waals surface area contributed by atoms with Crippen molar-refractivity contribution in [2.75, 3.05) is 0 Å². The van der Waals surface area contributed by atoms with Gasteiger partial charge in [-0.25, -0.2) is 0 Å². The van der Waals surface area contributed by atoms with Crippen molar-refractivity contribution in [2.24, 2.45) is 0 Å². The van der Waals surface area contributed by atoms with E-state index < -0.39 is 0 Å². The van der Waals surface area contributed by atoms with Crippen molar-refractivity contribution in [2.45, 2.75) is 13.8 Å². The molecule has 2 nitrogen and oxygen atoms in total. The van der Waals surface area contributed by atoms with E-state index in [0.717, 1.165) is 33.1 Å². The molecule has 124 valence electrons. The standard InChI is InChI=1S/C23H21NO/c1-15(2)14-16(3)12-13-17(4)22(24)20-10-7-9-19-18-8-5-6-11-21(18)25-23(19)20/h5-14,24H,3-4H2,1-2H3/b13-12-,24-22?. The van der Waals surface area contributed by atoms with Crippen LogP contribution in [-0.4, -0.2) is 5.71 Å². The molecule has 1 aromatic heterocycles. The summed E-state index contributed by atoms with van der Waals surface area (Å²) in [6.45, 7) is 12.1. The molecule has 0 radical (unpaired) electrons. The van der Waals surface area contributed by atoms with Gasteiger partial charge in [0, 0.05) is 16.3 Å². The molecule has 0 fully saturated rings. The van der Waals surface area contributed by atoms with Gasteiger partial charge >= 0.3 is 0 Å². The van der Waals surface area contributed by atoms with Crippen LogP contribution in [0.2, 0.25) is 0 Å². The average Bonchev–Trinajstić information content (AvgIpc) is 2.97. The summed E-state index contributed by atoms with van der Waals surface area (Å²) in [5, 5.41) is 10.6. The Morgan fingerprint density at radius 3 is 2.44 bits per heavy atom. The fraction of sp³-hybridized carbons (Fsp3) is 0.0870. The van der Waals surface area contributed by atoms with Crippen molar-refractivity contribution in [3.8, 4) is 0 Å². The zero-order chi connectivity index (χ0) is 18.0. The van der Waals surface area contributed by atoms with Gasteiger partial charge < -0.3 is 4.42 Å². The Kier molecular flexibility index (Phi) is 4.53. The maximum Gasteiger partial charge on any atom is 0.144 e. The summed E-state index contributed by atoms with van der Waals surface area (Å²) in [5.41, 5.74) is 5.35. The highest BCUT2D eigenvalue weighted by molar-refractivity contribution is 6.20. The van der Waals surface area contributed by atoms with Crippen molar-refractivity contribution in [1.29, 1.82) is 5.41 Å². The third kappa shape index (κ3) is 3.38. The van der Waals surface area contributed by atoms with Crippen molar-refractivity contribution in [3.05, 3.63) is 96.1 Å². The average molecular weight is 327 g/mol. The summed E-state index contributed by atoms with van der Waals surface area (Å²) in [4.78, 5) is 0. The molecule has 0 bridgehead atoms. The molecule has 0 unspecified atom stereocenters. The van der Waals surface area contributed by atoms with Gasteiger partial charge in [0.1, 0.15) is 11.2 Å². The lowest BCUT2D eigenvalue weighted by Crippen LogP contribution is -2.00. The fourth-order valence-electron chi connectivity index (χ4n) is 2.83. The van der Waals surface area contributed by atoms with Crippen LogP contribution in [0, 0.1) is 5.41 Å². The molecule has 3 rings (SSSR count).